The summed E-state index contributed by atoms with van der Waals surface area (Å²) in [6, 6.07) is 5.79. The minimum Gasteiger partial charge on any atom is -0.388 e. The van der Waals surface area contributed by atoms with E-state index in [0.717, 1.165) is 29.8 Å². The van der Waals surface area contributed by atoms with Crippen LogP contribution >= 0.6 is 11.3 Å². The molecule has 0 aliphatic carbocycles. The lowest BCUT2D eigenvalue weighted by Crippen LogP contribution is -2.42. The number of hydrogen-bond acceptors (Lipinski definition) is 4. The Kier molecular flexibility index (Phi) is 5.93. The molecule has 0 amide bonds. The van der Waals surface area contributed by atoms with Gasteiger partial charge in [-0.25, -0.2) is 13.1 Å². The second-order valence-corrected chi connectivity index (χ2v) is 8.67. The van der Waals surface area contributed by atoms with Crippen LogP contribution in [0.4, 0.5) is 13.2 Å². The zero-order valence-electron chi connectivity index (χ0n) is 13.4. The van der Waals surface area contributed by atoms with Gasteiger partial charge in [0.25, 0.3) is 0 Å². The summed E-state index contributed by atoms with van der Waals surface area (Å²) in [5.74, 6) is -0.459. The third-order valence-corrected chi connectivity index (χ3v) is 5.51. The lowest BCUT2D eigenvalue weighted by Gasteiger charge is -2.23. The van der Waals surface area contributed by atoms with Crippen LogP contribution in [-0.4, -0.2) is 25.7 Å². The van der Waals surface area contributed by atoms with Crippen LogP contribution in [0.25, 0.3) is 0 Å². The van der Waals surface area contributed by atoms with Crippen molar-refractivity contribution in [2.75, 3.05) is 6.54 Å². The van der Waals surface area contributed by atoms with Crippen LogP contribution in [0.1, 0.15) is 23.6 Å². The van der Waals surface area contributed by atoms with E-state index in [-0.39, 0.29) is 12.1 Å². The molecule has 0 aliphatic heterocycles. The molecule has 2 N–H and O–H groups in total. The monoisotopic (exact) mass is 393 g/mol. The molecule has 138 valence electrons. The molecular weight excluding hydrogens is 375 g/mol. The normalized spacial score (nSPS) is 15.1. The number of hydrogen-bond donors (Lipinski definition) is 2. The molecule has 0 bridgehead atoms. The van der Waals surface area contributed by atoms with Crippen molar-refractivity contribution in [3.63, 3.8) is 0 Å². The van der Waals surface area contributed by atoms with Gasteiger partial charge >= 0.3 is 6.18 Å². The molecule has 0 saturated carbocycles. The molecule has 25 heavy (non-hydrogen) atoms. The number of benzene rings is 1. The van der Waals surface area contributed by atoms with Gasteiger partial charge in [0.15, 0.2) is 0 Å². The Morgan fingerprint density at radius 2 is 1.76 bits per heavy atom. The number of halogens is 3. The Hall–Kier alpha value is -1.42. The van der Waals surface area contributed by atoms with Crippen molar-refractivity contribution >= 4 is 21.4 Å². The second kappa shape index (κ2) is 7.45. The van der Waals surface area contributed by atoms with Gasteiger partial charge in [-0.2, -0.15) is 24.5 Å². The van der Waals surface area contributed by atoms with Crippen molar-refractivity contribution < 1.29 is 26.7 Å². The zero-order chi connectivity index (χ0) is 18.7. The second-order valence-electron chi connectivity index (χ2n) is 6.08. The summed E-state index contributed by atoms with van der Waals surface area (Å²) in [5, 5.41) is 14.0. The maximum absolute atomic E-state index is 12.5. The van der Waals surface area contributed by atoms with E-state index in [9.17, 15) is 26.7 Å². The summed E-state index contributed by atoms with van der Waals surface area (Å²) in [7, 11) is -3.78. The Morgan fingerprint density at radius 3 is 2.28 bits per heavy atom. The Labute approximate surface area is 148 Å². The van der Waals surface area contributed by atoms with Gasteiger partial charge in [-0.1, -0.05) is 12.1 Å². The van der Waals surface area contributed by atoms with Gasteiger partial charge in [-0.15, -0.1) is 0 Å². The van der Waals surface area contributed by atoms with Gasteiger partial charge in [0.1, 0.15) is 0 Å². The van der Waals surface area contributed by atoms with Gasteiger partial charge < -0.3 is 5.11 Å². The quantitative estimate of drug-likeness (QED) is 0.759. The summed E-state index contributed by atoms with van der Waals surface area (Å²) < 4.78 is 64.0. The molecule has 2 rings (SSSR count). The number of thiophene rings is 1. The first-order valence-corrected chi connectivity index (χ1v) is 9.93. The molecule has 0 spiro atoms. The summed E-state index contributed by atoms with van der Waals surface area (Å²) >= 11 is 1.48. The molecular formula is C16H18F3NO3S2. The average Bonchev–Trinajstić information content (AvgIpc) is 2.97. The van der Waals surface area contributed by atoms with Crippen molar-refractivity contribution in [1.29, 1.82) is 0 Å². The predicted octanol–water partition coefficient (Wildman–Crippen LogP) is 3.18. The minimum absolute atomic E-state index is 0.189. The van der Waals surface area contributed by atoms with Crippen LogP contribution in [0.5, 0.6) is 0 Å². The van der Waals surface area contributed by atoms with Crippen LogP contribution in [0, 0.1) is 0 Å². The third-order valence-electron chi connectivity index (χ3n) is 3.48. The highest BCUT2D eigenvalue weighted by Gasteiger charge is 2.30. The number of rotatable bonds is 7. The maximum atomic E-state index is 12.5. The van der Waals surface area contributed by atoms with Crippen molar-refractivity contribution in [2.24, 2.45) is 0 Å². The third kappa shape index (κ3) is 6.43. The van der Waals surface area contributed by atoms with Crippen molar-refractivity contribution in [3.8, 4) is 0 Å². The van der Waals surface area contributed by atoms with Crippen molar-refractivity contribution in [3.05, 3.63) is 57.8 Å². The molecule has 1 aromatic heterocycles. The van der Waals surface area contributed by atoms with Crippen LogP contribution in [0.15, 0.2) is 41.1 Å². The molecule has 1 aromatic carbocycles. The van der Waals surface area contributed by atoms with Gasteiger partial charge in [0.05, 0.1) is 16.9 Å². The first-order chi connectivity index (χ1) is 11.5. The van der Waals surface area contributed by atoms with E-state index >= 15 is 0 Å². The Bertz CT molecular complexity index is 783. The van der Waals surface area contributed by atoms with E-state index in [0.29, 0.717) is 6.42 Å². The first-order valence-electron chi connectivity index (χ1n) is 7.34. The van der Waals surface area contributed by atoms with Gasteiger partial charge in [-0.05, 0) is 47.0 Å². The van der Waals surface area contributed by atoms with Crippen LogP contribution in [0.2, 0.25) is 0 Å². The minimum atomic E-state index is -4.46. The lowest BCUT2D eigenvalue weighted by molar-refractivity contribution is -0.137. The van der Waals surface area contributed by atoms with E-state index in [2.05, 4.69) is 4.72 Å². The van der Waals surface area contributed by atoms with E-state index in [4.69, 9.17) is 0 Å². The smallest absolute Gasteiger partial charge is 0.388 e. The van der Waals surface area contributed by atoms with Gasteiger partial charge in [-0.3, -0.25) is 0 Å². The van der Waals surface area contributed by atoms with Crippen LogP contribution in [0.3, 0.4) is 0 Å². The first kappa shape index (κ1) is 19.9. The number of aliphatic hydroxyl groups is 1. The summed E-state index contributed by atoms with van der Waals surface area (Å²) in [6.07, 6.45) is -4.17. The van der Waals surface area contributed by atoms with Crippen molar-refractivity contribution in [1.82, 2.24) is 4.72 Å². The molecule has 4 nitrogen and oxygen atoms in total. The van der Waals surface area contributed by atoms with E-state index in [1.165, 1.54) is 18.3 Å². The number of nitrogens with one attached hydrogen (secondary N) is 1. The van der Waals surface area contributed by atoms with Crippen LogP contribution in [-0.2, 0) is 28.4 Å². The molecule has 1 unspecified atom stereocenters. The van der Waals surface area contributed by atoms with Gasteiger partial charge in [0.2, 0.25) is 10.0 Å². The largest absolute Gasteiger partial charge is 0.416 e. The average molecular weight is 393 g/mol. The summed E-state index contributed by atoms with van der Waals surface area (Å²) in [4.78, 5) is 0. The molecule has 1 atom stereocenters. The molecule has 2 aromatic rings. The molecule has 0 radical (unpaired) electrons. The molecule has 0 fully saturated rings. The van der Waals surface area contributed by atoms with E-state index in [1.807, 2.05) is 16.8 Å². The predicted molar refractivity (Wildman–Crippen MR) is 90.7 cm³/mol. The molecule has 1 heterocycles. The summed E-state index contributed by atoms with van der Waals surface area (Å²) in [5.41, 5.74) is -0.968. The lowest BCUT2D eigenvalue weighted by atomic mass is 9.99. The van der Waals surface area contributed by atoms with Crippen molar-refractivity contribution in [2.45, 2.75) is 30.9 Å². The standard InChI is InChI=1S/C16H18F3NO3S2/c1-15(21,8-13-6-7-24-9-13)11-20-25(22,23)10-12-2-4-14(5-3-12)16(17,18)19/h2-7,9,20-21H,8,10-11H2,1H3. The highest BCUT2D eigenvalue weighted by atomic mass is 32.2. The van der Waals surface area contributed by atoms with E-state index in [1.54, 1.807) is 0 Å². The summed E-state index contributed by atoms with van der Waals surface area (Å²) in [6.45, 7) is 1.33. The molecule has 0 aliphatic rings. The van der Waals surface area contributed by atoms with Crippen LogP contribution < -0.4 is 4.72 Å². The van der Waals surface area contributed by atoms with Gasteiger partial charge in [0, 0.05) is 13.0 Å². The Balaban J connectivity index is 1.95. The fourth-order valence-corrected chi connectivity index (χ4v) is 4.15. The molecule has 9 heteroatoms. The highest BCUT2D eigenvalue weighted by molar-refractivity contribution is 7.88. The number of alkyl halides is 3. The Morgan fingerprint density at radius 1 is 1.12 bits per heavy atom. The van der Waals surface area contributed by atoms with E-state index < -0.39 is 33.1 Å². The fraction of sp³-hybridized carbons (Fsp3) is 0.375. The fourth-order valence-electron chi connectivity index (χ4n) is 2.22. The number of sulfonamides is 1. The molecule has 0 saturated heterocycles. The zero-order valence-corrected chi connectivity index (χ0v) is 15.0. The topological polar surface area (TPSA) is 66.4 Å². The SMILES string of the molecule is CC(O)(CNS(=O)(=O)Cc1ccc(C(F)(F)F)cc1)Cc1ccsc1. The maximum Gasteiger partial charge on any atom is 0.416 e. The highest BCUT2D eigenvalue weighted by Crippen LogP contribution is 2.29.